The summed E-state index contributed by atoms with van der Waals surface area (Å²) in [4.78, 5) is 25.8. The number of nitrogens with one attached hydrogen (secondary N) is 1. The van der Waals surface area contributed by atoms with E-state index in [-0.39, 0.29) is 17.9 Å². The van der Waals surface area contributed by atoms with Crippen molar-refractivity contribution >= 4 is 29.2 Å². The fraction of sp³-hybridized carbons (Fsp3) is 0.143. The van der Waals surface area contributed by atoms with Crippen molar-refractivity contribution in [3.05, 3.63) is 56.4 Å². The Balaban J connectivity index is 2.61. The first-order valence-corrected chi connectivity index (χ1v) is 6.63. The molecule has 2 aromatic rings. The fourth-order valence-electron chi connectivity index (χ4n) is 1.79. The molecular weight excluding hydrogens is 301 g/mol. The van der Waals surface area contributed by atoms with Crippen molar-refractivity contribution in [1.29, 1.82) is 0 Å². The highest BCUT2D eigenvalue weighted by molar-refractivity contribution is 6.35. The van der Waals surface area contributed by atoms with Gasteiger partial charge in [-0.15, -0.1) is 0 Å². The molecule has 4 nitrogen and oxygen atoms in total. The van der Waals surface area contributed by atoms with Gasteiger partial charge in [-0.3, -0.25) is 4.79 Å². The van der Waals surface area contributed by atoms with Gasteiger partial charge in [-0.25, -0.2) is 4.79 Å². The standard InChI is InChI=1S/C14H11Cl2NO3/c1-2-20-14(19)13-11(3-4-12(18)17-13)8-5-9(15)7-10(16)6-8/h3-7H,2H2,1H3,(H,17,18). The molecule has 0 bridgehead atoms. The van der Waals surface area contributed by atoms with Crippen molar-refractivity contribution in [3.8, 4) is 11.1 Å². The lowest BCUT2D eigenvalue weighted by Crippen LogP contribution is -2.15. The molecule has 0 aliphatic heterocycles. The summed E-state index contributed by atoms with van der Waals surface area (Å²) in [6.45, 7) is 1.90. The monoisotopic (exact) mass is 311 g/mol. The lowest BCUT2D eigenvalue weighted by Gasteiger charge is -2.09. The predicted octanol–water partition coefficient (Wildman–Crippen LogP) is 3.53. The van der Waals surface area contributed by atoms with Gasteiger partial charge in [0.15, 0.2) is 0 Å². The Labute approximate surface area is 125 Å². The number of aromatic nitrogens is 1. The van der Waals surface area contributed by atoms with E-state index in [1.807, 2.05) is 0 Å². The van der Waals surface area contributed by atoms with Gasteiger partial charge in [0.2, 0.25) is 5.56 Å². The fourth-order valence-corrected chi connectivity index (χ4v) is 2.31. The first kappa shape index (κ1) is 14.6. The second-order valence-electron chi connectivity index (χ2n) is 3.99. The molecule has 20 heavy (non-hydrogen) atoms. The molecule has 104 valence electrons. The molecule has 0 saturated carbocycles. The maximum Gasteiger partial charge on any atom is 0.355 e. The zero-order valence-corrected chi connectivity index (χ0v) is 12.1. The summed E-state index contributed by atoms with van der Waals surface area (Å²) in [7, 11) is 0. The van der Waals surface area contributed by atoms with E-state index in [4.69, 9.17) is 27.9 Å². The number of carbonyl (C=O) groups excluding carboxylic acids is 1. The van der Waals surface area contributed by atoms with Gasteiger partial charge in [-0.1, -0.05) is 23.2 Å². The summed E-state index contributed by atoms with van der Waals surface area (Å²) in [6.07, 6.45) is 0. The SMILES string of the molecule is CCOC(=O)c1[nH]c(=O)ccc1-c1cc(Cl)cc(Cl)c1. The number of esters is 1. The van der Waals surface area contributed by atoms with Crippen LogP contribution in [0.1, 0.15) is 17.4 Å². The summed E-state index contributed by atoms with van der Waals surface area (Å²) in [5.74, 6) is -0.601. The molecule has 0 radical (unpaired) electrons. The van der Waals surface area contributed by atoms with Gasteiger partial charge >= 0.3 is 5.97 Å². The number of H-pyrrole nitrogens is 1. The molecule has 6 heteroatoms. The van der Waals surface area contributed by atoms with Crippen molar-refractivity contribution < 1.29 is 9.53 Å². The van der Waals surface area contributed by atoms with Crippen LogP contribution in [0.4, 0.5) is 0 Å². The van der Waals surface area contributed by atoms with E-state index < -0.39 is 5.97 Å². The van der Waals surface area contributed by atoms with E-state index in [9.17, 15) is 9.59 Å². The minimum Gasteiger partial charge on any atom is -0.461 e. The Bertz CT molecular complexity index is 690. The number of halogens is 2. The summed E-state index contributed by atoms with van der Waals surface area (Å²) >= 11 is 11.9. The maximum atomic E-state index is 11.9. The molecule has 0 unspecified atom stereocenters. The Morgan fingerprint density at radius 2 is 1.85 bits per heavy atom. The second kappa shape index (κ2) is 6.11. The van der Waals surface area contributed by atoms with Crippen LogP contribution in [-0.4, -0.2) is 17.6 Å². The predicted molar refractivity (Wildman–Crippen MR) is 78.5 cm³/mol. The number of benzene rings is 1. The minimum atomic E-state index is -0.601. The molecule has 1 aromatic carbocycles. The molecule has 1 heterocycles. The number of rotatable bonds is 3. The number of pyridine rings is 1. The summed E-state index contributed by atoms with van der Waals surface area (Å²) < 4.78 is 4.93. The number of hydrogen-bond donors (Lipinski definition) is 1. The van der Waals surface area contributed by atoms with Crippen LogP contribution in [0.2, 0.25) is 10.0 Å². The van der Waals surface area contributed by atoms with Crippen LogP contribution in [0.3, 0.4) is 0 Å². The van der Waals surface area contributed by atoms with E-state index >= 15 is 0 Å². The van der Waals surface area contributed by atoms with Crippen molar-refractivity contribution in [2.24, 2.45) is 0 Å². The van der Waals surface area contributed by atoms with E-state index in [0.29, 0.717) is 21.2 Å². The Morgan fingerprint density at radius 3 is 2.45 bits per heavy atom. The molecule has 1 aromatic heterocycles. The maximum absolute atomic E-state index is 11.9. The van der Waals surface area contributed by atoms with Gasteiger partial charge in [0.05, 0.1) is 6.61 Å². The zero-order valence-electron chi connectivity index (χ0n) is 10.6. The normalized spacial score (nSPS) is 10.3. The third-order valence-corrected chi connectivity index (χ3v) is 3.01. The van der Waals surface area contributed by atoms with Crippen molar-refractivity contribution in [3.63, 3.8) is 0 Å². The highest BCUT2D eigenvalue weighted by Crippen LogP contribution is 2.28. The molecule has 0 fully saturated rings. The number of carbonyl (C=O) groups is 1. The van der Waals surface area contributed by atoms with Crippen LogP contribution >= 0.6 is 23.2 Å². The minimum absolute atomic E-state index is 0.0812. The molecule has 0 saturated heterocycles. The van der Waals surface area contributed by atoms with Crippen molar-refractivity contribution in [2.75, 3.05) is 6.61 Å². The van der Waals surface area contributed by atoms with Crippen LogP contribution < -0.4 is 5.56 Å². The van der Waals surface area contributed by atoms with Crippen molar-refractivity contribution in [2.45, 2.75) is 6.92 Å². The summed E-state index contributed by atoms with van der Waals surface area (Å²) in [5.41, 5.74) is 0.830. The Kier molecular flexibility index (Phi) is 4.47. The van der Waals surface area contributed by atoms with Gasteiger partial charge in [-0.05, 0) is 36.8 Å². The highest BCUT2D eigenvalue weighted by atomic mass is 35.5. The second-order valence-corrected chi connectivity index (χ2v) is 4.86. The third-order valence-electron chi connectivity index (χ3n) is 2.57. The number of hydrogen-bond acceptors (Lipinski definition) is 3. The van der Waals surface area contributed by atoms with E-state index in [0.717, 1.165) is 0 Å². The average Bonchev–Trinajstić information content (AvgIpc) is 2.37. The van der Waals surface area contributed by atoms with Crippen LogP contribution in [-0.2, 0) is 4.74 Å². The first-order valence-electron chi connectivity index (χ1n) is 5.88. The molecule has 0 aliphatic carbocycles. The van der Waals surface area contributed by atoms with Gasteiger partial charge in [-0.2, -0.15) is 0 Å². The number of aromatic amines is 1. The van der Waals surface area contributed by atoms with Gasteiger partial charge < -0.3 is 9.72 Å². The molecular formula is C14H11Cl2NO3. The topological polar surface area (TPSA) is 59.2 Å². The van der Waals surface area contributed by atoms with E-state index in [1.165, 1.54) is 12.1 Å². The largest absolute Gasteiger partial charge is 0.461 e. The molecule has 0 aliphatic rings. The van der Waals surface area contributed by atoms with Gasteiger partial charge in [0, 0.05) is 21.7 Å². The van der Waals surface area contributed by atoms with Crippen LogP contribution in [0.25, 0.3) is 11.1 Å². The van der Waals surface area contributed by atoms with Crippen molar-refractivity contribution in [1.82, 2.24) is 4.98 Å². The molecule has 0 amide bonds. The Hall–Kier alpha value is -1.78. The quantitative estimate of drug-likeness (QED) is 0.882. The molecule has 0 atom stereocenters. The number of ether oxygens (including phenoxy) is 1. The zero-order chi connectivity index (χ0) is 14.7. The van der Waals surface area contributed by atoms with Crippen LogP contribution in [0.5, 0.6) is 0 Å². The summed E-state index contributed by atoms with van der Waals surface area (Å²) in [5, 5.41) is 0.877. The molecule has 1 N–H and O–H groups in total. The highest BCUT2D eigenvalue weighted by Gasteiger charge is 2.15. The molecule has 2 rings (SSSR count). The average molecular weight is 312 g/mol. The van der Waals surface area contributed by atoms with E-state index in [2.05, 4.69) is 4.98 Å². The third kappa shape index (κ3) is 3.21. The summed E-state index contributed by atoms with van der Waals surface area (Å²) in [6, 6.07) is 7.76. The lowest BCUT2D eigenvalue weighted by molar-refractivity contribution is 0.0520. The van der Waals surface area contributed by atoms with E-state index in [1.54, 1.807) is 25.1 Å². The lowest BCUT2D eigenvalue weighted by atomic mass is 10.0. The van der Waals surface area contributed by atoms with Gasteiger partial charge in [0.1, 0.15) is 5.69 Å². The first-order chi connectivity index (χ1) is 9.51. The van der Waals surface area contributed by atoms with Gasteiger partial charge in [0.25, 0.3) is 0 Å². The van der Waals surface area contributed by atoms with Crippen LogP contribution in [0, 0.1) is 0 Å². The Morgan fingerprint density at radius 1 is 1.20 bits per heavy atom. The van der Waals surface area contributed by atoms with Crippen LogP contribution in [0.15, 0.2) is 35.1 Å². The smallest absolute Gasteiger partial charge is 0.355 e. The molecule has 0 spiro atoms.